The zero-order chi connectivity index (χ0) is 19.3. The lowest BCUT2D eigenvalue weighted by Gasteiger charge is -2.35. The molecule has 1 aromatic carbocycles. The second kappa shape index (κ2) is 8.21. The lowest BCUT2D eigenvalue weighted by Crippen LogP contribution is -2.47. The third-order valence-electron chi connectivity index (χ3n) is 4.89. The number of aromatic nitrogens is 4. The van der Waals surface area contributed by atoms with Gasteiger partial charge in [0.2, 0.25) is 11.9 Å². The monoisotopic (exact) mass is 375 g/mol. The van der Waals surface area contributed by atoms with Gasteiger partial charge in [0.25, 0.3) is 0 Å². The van der Waals surface area contributed by atoms with E-state index in [0.29, 0.717) is 0 Å². The number of benzene rings is 1. The van der Waals surface area contributed by atoms with Crippen LogP contribution in [0.1, 0.15) is 12.6 Å². The highest BCUT2D eigenvalue weighted by Gasteiger charge is 2.21. The summed E-state index contributed by atoms with van der Waals surface area (Å²) in [4.78, 5) is 25.0. The van der Waals surface area contributed by atoms with Crippen LogP contribution >= 0.6 is 0 Å². The van der Waals surface area contributed by atoms with Crippen molar-refractivity contribution in [2.45, 2.75) is 13.8 Å². The third kappa shape index (κ3) is 3.88. The van der Waals surface area contributed by atoms with Crippen molar-refractivity contribution in [3.63, 3.8) is 0 Å². The molecule has 0 saturated carbocycles. The molecule has 0 bridgehead atoms. The first-order valence-corrected chi connectivity index (χ1v) is 9.70. The van der Waals surface area contributed by atoms with E-state index in [0.717, 1.165) is 61.8 Å². The number of anilines is 4. The SMILES string of the molecule is CCN(c1ccccc1)c1nc(C)cc(N2CCN(c3ncccn3)CC2)n1. The zero-order valence-corrected chi connectivity index (χ0v) is 16.4. The smallest absolute Gasteiger partial charge is 0.232 e. The van der Waals surface area contributed by atoms with Crippen LogP contribution in [0.2, 0.25) is 0 Å². The average molecular weight is 375 g/mol. The molecule has 4 rings (SSSR count). The largest absolute Gasteiger partial charge is 0.353 e. The fourth-order valence-corrected chi connectivity index (χ4v) is 3.46. The molecular formula is C21H25N7. The molecule has 0 aliphatic carbocycles. The van der Waals surface area contributed by atoms with E-state index in [4.69, 9.17) is 9.97 Å². The second-order valence-electron chi connectivity index (χ2n) is 6.77. The van der Waals surface area contributed by atoms with Crippen LogP contribution in [0.3, 0.4) is 0 Å². The van der Waals surface area contributed by atoms with Gasteiger partial charge in [-0.05, 0) is 32.0 Å². The topological polar surface area (TPSA) is 61.3 Å². The minimum Gasteiger partial charge on any atom is -0.353 e. The molecule has 144 valence electrons. The van der Waals surface area contributed by atoms with Crippen molar-refractivity contribution < 1.29 is 0 Å². The maximum absolute atomic E-state index is 4.89. The van der Waals surface area contributed by atoms with Crippen molar-refractivity contribution in [3.05, 3.63) is 60.6 Å². The molecule has 0 atom stereocenters. The van der Waals surface area contributed by atoms with Crippen LogP contribution in [0.4, 0.5) is 23.4 Å². The van der Waals surface area contributed by atoms with Gasteiger partial charge >= 0.3 is 0 Å². The molecule has 3 heterocycles. The van der Waals surface area contributed by atoms with Crippen molar-refractivity contribution in [2.75, 3.05) is 47.4 Å². The Kier molecular flexibility index (Phi) is 5.32. The second-order valence-corrected chi connectivity index (χ2v) is 6.77. The molecule has 0 unspecified atom stereocenters. The van der Waals surface area contributed by atoms with E-state index in [9.17, 15) is 0 Å². The van der Waals surface area contributed by atoms with Crippen molar-refractivity contribution in [1.29, 1.82) is 0 Å². The van der Waals surface area contributed by atoms with Gasteiger partial charge in [-0.3, -0.25) is 0 Å². The average Bonchev–Trinajstić information content (AvgIpc) is 2.75. The maximum atomic E-state index is 4.89. The van der Waals surface area contributed by atoms with E-state index in [1.54, 1.807) is 12.4 Å². The molecule has 1 aliphatic rings. The van der Waals surface area contributed by atoms with Crippen molar-refractivity contribution in [1.82, 2.24) is 19.9 Å². The summed E-state index contributed by atoms with van der Waals surface area (Å²) >= 11 is 0. The van der Waals surface area contributed by atoms with E-state index >= 15 is 0 Å². The molecular weight excluding hydrogens is 350 g/mol. The molecule has 7 nitrogen and oxygen atoms in total. The van der Waals surface area contributed by atoms with Crippen LogP contribution < -0.4 is 14.7 Å². The Morgan fingerprint density at radius 2 is 1.57 bits per heavy atom. The predicted octanol–water partition coefficient (Wildman–Crippen LogP) is 3.06. The minimum atomic E-state index is 0.748. The van der Waals surface area contributed by atoms with Gasteiger partial charge in [0, 0.05) is 62.6 Å². The van der Waals surface area contributed by atoms with Gasteiger partial charge in [-0.25, -0.2) is 15.0 Å². The maximum Gasteiger partial charge on any atom is 0.232 e. The number of aryl methyl sites for hydroxylation is 1. The Morgan fingerprint density at radius 3 is 2.25 bits per heavy atom. The summed E-state index contributed by atoms with van der Waals surface area (Å²) in [6.07, 6.45) is 3.58. The van der Waals surface area contributed by atoms with Crippen LogP contribution in [-0.4, -0.2) is 52.7 Å². The molecule has 2 aromatic heterocycles. The molecule has 0 amide bonds. The summed E-state index contributed by atoms with van der Waals surface area (Å²) in [5.41, 5.74) is 2.08. The minimum absolute atomic E-state index is 0.748. The van der Waals surface area contributed by atoms with Gasteiger partial charge in [0.05, 0.1) is 0 Å². The summed E-state index contributed by atoms with van der Waals surface area (Å²) in [6.45, 7) is 8.47. The van der Waals surface area contributed by atoms with Gasteiger partial charge in [-0.1, -0.05) is 18.2 Å². The standard InChI is InChI=1S/C21H25N7/c1-3-28(18-8-5-4-6-9-18)21-24-17(2)16-19(25-21)26-12-14-27(15-13-26)20-22-10-7-11-23-20/h4-11,16H,3,12-15H2,1-2H3. The Labute approximate surface area is 165 Å². The molecule has 28 heavy (non-hydrogen) atoms. The van der Waals surface area contributed by atoms with E-state index < -0.39 is 0 Å². The fourth-order valence-electron chi connectivity index (χ4n) is 3.46. The molecule has 1 fully saturated rings. The zero-order valence-electron chi connectivity index (χ0n) is 16.4. The number of hydrogen-bond acceptors (Lipinski definition) is 7. The Balaban J connectivity index is 1.53. The van der Waals surface area contributed by atoms with Crippen molar-refractivity contribution in [2.24, 2.45) is 0 Å². The van der Waals surface area contributed by atoms with E-state index in [2.05, 4.69) is 49.8 Å². The highest BCUT2D eigenvalue weighted by atomic mass is 15.3. The van der Waals surface area contributed by atoms with Crippen LogP contribution in [-0.2, 0) is 0 Å². The molecule has 3 aromatic rings. The predicted molar refractivity (Wildman–Crippen MR) is 112 cm³/mol. The molecule has 1 aliphatic heterocycles. The number of hydrogen-bond donors (Lipinski definition) is 0. The quantitative estimate of drug-likeness (QED) is 0.679. The highest BCUT2D eigenvalue weighted by Crippen LogP contribution is 2.25. The lowest BCUT2D eigenvalue weighted by molar-refractivity contribution is 0.633. The first kappa shape index (κ1) is 18.2. The Hall–Kier alpha value is -3.22. The fraction of sp³-hybridized carbons (Fsp3) is 0.333. The van der Waals surface area contributed by atoms with Gasteiger partial charge < -0.3 is 14.7 Å². The number of nitrogens with zero attached hydrogens (tertiary/aromatic N) is 7. The summed E-state index contributed by atoms with van der Waals surface area (Å²) in [6, 6.07) is 14.2. The molecule has 1 saturated heterocycles. The Bertz CT molecular complexity index is 893. The Morgan fingerprint density at radius 1 is 0.893 bits per heavy atom. The summed E-state index contributed by atoms with van der Waals surface area (Å²) in [5, 5.41) is 0. The molecule has 0 N–H and O–H groups in total. The third-order valence-corrected chi connectivity index (χ3v) is 4.89. The normalized spacial score (nSPS) is 14.2. The summed E-state index contributed by atoms with van der Waals surface area (Å²) in [7, 11) is 0. The summed E-state index contributed by atoms with van der Waals surface area (Å²) < 4.78 is 0. The van der Waals surface area contributed by atoms with Gasteiger partial charge in [-0.15, -0.1) is 0 Å². The summed E-state index contributed by atoms with van der Waals surface area (Å²) in [5.74, 6) is 2.52. The number of rotatable bonds is 5. The van der Waals surface area contributed by atoms with Crippen LogP contribution in [0, 0.1) is 6.92 Å². The van der Waals surface area contributed by atoms with Crippen LogP contribution in [0.15, 0.2) is 54.9 Å². The first-order chi connectivity index (χ1) is 13.7. The van der Waals surface area contributed by atoms with Crippen molar-refractivity contribution >= 4 is 23.4 Å². The van der Waals surface area contributed by atoms with E-state index in [1.165, 1.54) is 0 Å². The van der Waals surface area contributed by atoms with E-state index in [1.807, 2.05) is 31.2 Å². The van der Waals surface area contributed by atoms with Gasteiger partial charge in [-0.2, -0.15) is 4.98 Å². The molecule has 7 heteroatoms. The van der Waals surface area contributed by atoms with Crippen LogP contribution in [0.5, 0.6) is 0 Å². The van der Waals surface area contributed by atoms with Crippen molar-refractivity contribution in [3.8, 4) is 0 Å². The number of para-hydroxylation sites is 1. The highest BCUT2D eigenvalue weighted by molar-refractivity contribution is 5.59. The van der Waals surface area contributed by atoms with E-state index in [-0.39, 0.29) is 0 Å². The molecule has 0 radical (unpaired) electrons. The van der Waals surface area contributed by atoms with Gasteiger partial charge in [0.15, 0.2) is 0 Å². The first-order valence-electron chi connectivity index (χ1n) is 9.70. The molecule has 0 spiro atoms. The van der Waals surface area contributed by atoms with Crippen LogP contribution in [0.25, 0.3) is 0 Å². The lowest BCUT2D eigenvalue weighted by atomic mass is 10.3. The number of piperazine rings is 1. The van der Waals surface area contributed by atoms with Gasteiger partial charge in [0.1, 0.15) is 5.82 Å².